The number of benzene rings is 1. The fraction of sp³-hybridized carbons (Fsp3) is 0.333. The molecule has 0 aliphatic rings. The fourth-order valence-corrected chi connectivity index (χ4v) is 1.56. The van der Waals surface area contributed by atoms with Crippen molar-refractivity contribution in [3.8, 4) is 11.4 Å². The zero-order valence-corrected chi connectivity index (χ0v) is 10.5. The first-order valence-electron chi connectivity index (χ1n) is 5.49. The molecule has 90 valence electrons. The summed E-state index contributed by atoms with van der Waals surface area (Å²) < 4.78 is 5.09. The lowest BCUT2D eigenvalue weighted by molar-refractivity contribution is 0.430. The molecule has 17 heavy (non-hydrogen) atoms. The van der Waals surface area contributed by atoms with Crippen molar-refractivity contribution in [2.45, 2.75) is 13.8 Å². The highest BCUT2D eigenvalue weighted by Gasteiger charge is 2.10. The molecule has 1 aromatic heterocycles. The normalized spacial score (nSPS) is 10.8. The van der Waals surface area contributed by atoms with Crippen LogP contribution in [0.3, 0.4) is 0 Å². The van der Waals surface area contributed by atoms with Crippen molar-refractivity contribution in [2.24, 2.45) is 5.92 Å². The Balaban J connectivity index is 2.16. The van der Waals surface area contributed by atoms with Gasteiger partial charge in [0.05, 0.1) is 5.02 Å². The van der Waals surface area contributed by atoms with Gasteiger partial charge in [0.2, 0.25) is 5.82 Å². The smallest absolute Gasteiger partial charge is 0.321 e. The van der Waals surface area contributed by atoms with Crippen LogP contribution in [0.1, 0.15) is 13.8 Å². The summed E-state index contributed by atoms with van der Waals surface area (Å²) in [4.78, 5) is 4.24. The van der Waals surface area contributed by atoms with Gasteiger partial charge in [-0.05, 0) is 18.1 Å². The maximum atomic E-state index is 6.05. The molecule has 0 saturated carbocycles. The summed E-state index contributed by atoms with van der Waals surface area (Å²) in [6, 6.07) is 7.84. The zero-order chi connectivity index (χ0) is 12.3. The number of nitrogens with zero attached hydrogens (tertiary/aromatic N) is 2. The Kier molecular flexibility index (Phi) is 3.64. The first-order valence-corrected chi connectivity index (χ1v) is 5.87. The average Bonchev–Trinajstić information content (AvgIpc) is 2.75. The van der Waals surface area contributed by atoms with E-state index in [1.807, 2.05) is 18.2 Å². The molecule has 0 radical (unpaired) electrons. The summed E-state index contributed by atoms with van der Waals surface area (Å²) in [5.41, 5.74) is 0.774. The van der Waals surface area contributed by atoms with Gasteiger partial charge in [0.25, 0.3) is 0 Å². The Bertz CT molecular complexity index is 496. The lowest BCUT2D eigenvalue weighted by Crippen LogP contribution is -2.07. The SMILES string of the molecule is CC(C)CNc1nc(-c2ccccc2Cl)no1. The molecular weight excluding hydrogens is 238 g/mol. The molecule has 2 rings (SSSR count). The van der Waals surface area contributed by atoms with Gasteiger partial charge in [0, 0.05) is 12.1 Å². The Labute approximate surface area is 105 Å². The number of anilines is 1. The summed E-state index contributed by atoms with van der Waals surface area (Å²) in [6.45, 7) is 5.01. The third-order valence-corrected chi connectivity index (χ3v) is 2.53. The fourth-order valence-electron chi connectivity index (χ4n) is 1.34. The van der Waals surface area contributed by atoms with Crippen LogP contribution in [0.5, 0.6) is 0 Å². The Hall–Kier alpha value is -1.55. The number of halogens is 1. The van der Waals surface area contributed by atoms with Crippen LogP contribution in [0.25, 0.3) is 11.4 Å². The molecule has 0 aliphatic heterocycles. The first kappa shape index (κ1) is 11.9. The topological polar surface area (TPSA) is 51.0 Å². The minimum absolute atomic E-state index is 0.425. The highest BCUT2D eigenvalue weighted by Crippen LogP contribution is 2.25. The maximum absolute atomic E-state index is 6.05. The van der Waals surface area contributed by atoms with Gasteiger partial charge in [-0.1, -0.05) is 42.7 Å². The third kappa shape index (κ3) is 2.97. The van der Waals surface area contributed by atoms with Crippen molar-refractivity contribution >= 4 is 17.6 Å². The quantitative estimate of drug-likeness (QED) is 0.904. The molecule has 0 amide bonds. The lowest BCUT2D eigenvalue weighted by Gasteiger charge is -2.02. The van der Waals surface area contributed by atoms with E-state index < -0.39 is 0 Å². The van der Waals surface area contributed by atoms with E-state index in [1.165, 1.54) is 0 Å². The largest absolute Gasteiger partial charge is 0.337 e. The Morgan fingerprint density at radius 1 is 1.35 bits per heavy atom. The van der Waals surface area contributed by atoms with Crippen molar-refractivity contribution < 1.29 is 4.52 Å². The Morgan fingerprint density at radius 3 is 2.82 bits per heavy atom. The predicted octanol–water partition coefficient (Wildman–Crippen LogP) is 3.46. The lowest BCUT2D eigenvalue weighted by atomic mass is 10.2. The number of hydrogen-bond donors (Lipinski definition) is 1. The van der Waals surface area contributed by atoms with Crippen LogP contribution in [0.2, 0.25) is 5.02 Å². The van der Waals surface area contributed by atoms with Crippen molar-refractivity contribution in [3.63, 3.8) is 0 Å². The van der Waals surface area contributed by atoms with Gasteiger partial charge in [-0.3, -0.25) is 0 Å². The molecule has 0 spiro atoms. The molecule has 1 N–H and O–H groups in total. The Morgan fingerprint density at radius 2 is 2.12 bits per heavy atom. The van der Waals surface area contributed by atoms with E-state index in [0.717, 1.165) is 12.1 Å². The molecule has 4 nitrogen and oxygen atoms in total. The molecule has 5 heteroatoms. The van der Waals surface area contributed by atoms with E-state index in [-0.39, 0.29) is 0 Å². The number of nitrogens with one attached hydrogen (secondary N) is 1. The van der Waals surface area contributed by atoms with Gasteiger partial charge in [-0.25, -0.2) is 0 Å². The van der Waals surface area contributed by atoms with Gasteiger partial charge in [-0.15, -0.1) is 0 Å². The van der Waals surface area contributed by atoms with Crippen LogP contribution in [0.4, 0.5) is 6.01 Å². The summed E-state index contributed by atoms with van der Waals surface area (Å²) in [6.07, 6.45) is 0. The van der Waals surface area contributed by atoms with Crippen LogP contribution in [0, 0.1) is 5.92 Å². The molecule has 2 aromatic rings. The molecule has 0 fully saturated rings. The zero-order valence-electron chi connectivity index (χ0n) is 9.77. The van der Waals surface area contributed by atoms with Crippen molar-refractivity contribution in [1.29, 1.82) is 0 Å². The van der Waals surface area contributed by atoms with E-state index >= 15 is 0 Å². The third-order valence-electron chi connectivity index (χ3n) is 2.20. The first-order chi connectivity index (χ1) is 8.16. The van der Waals surface area contributed by atoms with Gasteiger partial charge in [-0.2, -0.15) is 4.98 Å². The molecule has 1 aromatic carbocycles. The summed E-state index contributed by atoms with van der Waals surface area (Å²) in [7, 11) is 0. The highest BCUT2D eigenvalue weighted by atomic mass is 35.5. The number of aromatic nitrogens is 2. The van der Waals surface area contributed by atoms with Crippen molar-refractivity contribution in [2.75, 3.05) is 11.9 Å². The number of hydrogen-bond acceptors (Lipinski definition) is 4. The van der Waals surface area contributed by atoms with Crippen LogP contribution in [0.15, 0.2) is 28.8 Å². The van der Waals surface area contributed by atoms with Gasteiger partial charge in [0.15, 0.2) is 0 Å². The second-order valence-corrected chi connectivity index (χ2v) is 4.58. The second-order valence-electron chi connectivity index (χ2n) is 4.18. The molecule has 0 unspecified atom stereocenters. The van der Waals surface area contributed by atoms with E-state index in [9.17, 15) is 0 Å². The number of rotatable bonds is 4. The van der Waals surface area contributed by atoms with Gasteiger partial charge >= 0.3 is 6.01 Å². The van der Waals surface area contributed by atoms with Crippen molar-refractivity contribution in [3.05, 3.63) is 29.3 Å². The van der Waals surface area contributed by atoms with Gasteiger partial charge in [0.1, 0.15) is 0 Å². The summed E-state index contributed by atoms with van der Waals surface area (Å²) >= 11 is 6.05. The molecule has 0 saturated heterocycles. The standard InChI is InChI=1S/C12H14ClN3O/c1-8(2)7-14-12-15-11(16-17-12)9-5-3-4-6-10(9)13/h3-6,8H,7H2,1-2H3,(H,14,15,16). The minimum Gasteiger partial charge on any atom is -0.337 e. The molecule has 0 aliphatic carbocycles. The van der Waals surface area contributed by atoms with E-state index in [4.69, 9.17) is 16.1 Å². The van der Waals surface area contributed by atoms with Gasteiger partial charge < -0.3 is 9.84 Å². The summed E-state index contributed by atoms with van der Waals surface area (Å²) in [5, 5.41) is 7.58. The minimum atomic E-state index is 0.425. The summed E-state index contributed by atoms with van der Waals surface area (Å²) in [5.74, 6) is 1.02. The van der Waals surface area contributed by atoms with Crippen molar-refractivity contribution in [1.82, 2.24) is 10.1 Å². The van der Waals surface area contributed by atoms with Crippen LogP contribution in [-0.2, 0) is 0 Å². The molecular formula is C12H14ClN3O. The van der Waals surface area contributed by atoms with E-state index in [0.29, 0.717) is 22.8 Å². The van der Waals surface area contributed by atoms with E-state index in [2.05, 4.69) is 29.3 Å². The van der Waals surface area contributed by atoms with Crippen LogP contribution < -0.4 is 5.32 Å². The van der Waals surface area contributed by atoms with Crippen LogP contribution >= 0.6 is 11.6 Å². The highest BCUT2D eigenvalue weighted by molar-refractivity contribution is 6.33. The maximum Gasteiger partial charge on any atom is 0.321 e. The van der Waals surface area contributed by atoms with E-state index in [1.54, 1.807) is 6.07 Å². The second kappa shape index (κ2) is 5.19. The molecule has 0 atom stereocenters. The monoisotopic (exact) mass is 251 g/mol. The van der Waals surface area contributed by atoms with Crippen LogP contribution in [-0.4, -0.2) is 16.7 Å². The average molecular weight is 252 g/mol. The molecule has 1 heterocycles. The predicted molar refractivity (Wildman–Crippen MR) is 68.1 cm³/mol. The molecule has 0 bridgehead atoms.